The topological polar surface area (TPSA) is 20.2 Å². The molecule has 0 saturated heterocycles. The maximum Gasteiger partial charge on any atom is 0.0546 e. The predicted molar refractivity (Wildman–Crippen MR) is 49.0 cm³/mol. The zero-order valence-corrected chi connectivity index (χ0v) is 7.33. The van der Waals surface area contributed by atoms with Crippen molar-refractivity contribution in [2.24, 2.45) is 5.92 Å². The van der Waals surface area contributed by atoms with Gasteiger partial charge in [-0.05, 0) is 36.8 Å². The van der Waals surface area contributed by atoms with Crippen molar-refractivity contribution in [2.75, 3.05) is 0 Å². The minimum absolute atomic E-state index is 0.169. The van der Waals surface area contributed by atoms with Gasteiger partial charge in [-0.1, -0.05) is 24.3 Å². The zero-order valence-electron chi connectivity index (χ0n) is 7.33. The third kappa shape index (κ3) is 1.25. The van der Waals surface area contributed by atoms with E-state index in [1.165, 1.54) is 11.1 Å². The molecule has 64 valence electrons. The molecule has 2 rings (SSSR count). The van der Waals surface area contributed by atoms with E-state index in [0.29, 0.717) is 5.92 Å². The van der Waals surface area contributed by atoms with E-state index in [1.54, 1.807) is 0 Å². The molecule has 1 unspecified atom stereocenters. The maximum absolute atomic E-state index is 9.42. The molecule has 1 aromatic rings. The van der Waals surface area contributed by atoms with E-state index in [2.05, 4.69) is 24.3 Å². The van der Waals surface area contributed by atoms with Gasteiger partial charge in [-0.3, -0.25) is 0 Å². The Labute approximate surface area is 73.0 Å². The van der Waals surface area contributed by atoms with Crippen molar-refractivity contribution in [3.8, 4) is 0 Å². The molecule has 0 amide bonds. The number of aliphatic hydroxyl groups is 1. The van der Waals surface area contributed by atoms with E-state index >= 15 is 0 Å². The van der Waals surface area contributed by atoms with Gasteiger partial charge in [0.25, 0.3) is 0 Å². The van der Waals surface area contributed by atoms with Gasteiger partial charge in [-0.15, -0.1) is 0 Å². The smallest absolute Gasteiger partial charge is 0.0546 e. The number of hydrogen-bond donors (Lipinski definition) is 1. The van der Waals surface area contributed by atoms with Crippen LogP contribution in [0, 0.1) is 5.92 Å². The second kappa shape index (κ2) is 2.91. The highest BCUT2D eigenvalue weighted by molar-refractivity contribution is 5.32. The molecular formula is C11H14O. The van der Waals surface area contributed by atoms with Crippen LogP contribution in [-0.4, -0.2) is 11.2 Å². The summed E-state index contributed by atoms with van der Waals surface area (Å²) in [4.78, 5) is 0. The molecule has 0 bridgehead atoms. The van der Waals surface area contributed by atoms with Crippen LogP contribution in [-0.2, 0) is 12.8 Å². The number of rotatable bonds is 1. The van der Waals surface area contributed by atoms with Crippen molar-refractivity contribution in [1.29, 1.82) is 0 Å². The van der Waals surface area contributed by atoms with Crippen molar-refractivity contribution in [3.05, 3.63) is 35.4 Å². The highest BCUT2D eigenvalue weighted by Crippen LogP contribution is 2.28. The second-order valence-corrected chi connectivity index (χ2v) is 3.68. The first-order chi connectivity index (χ1) is 5.77. The first kappa shape index (κ1) is 7.81. The summed E-state index contributed by atoms with van der Waals surface area (Å²) in [6.07, 6.45) is 1.93. The summed E-state index contributed by atoms with van der Waals surface area (Å²) in [6.45, 7) is 1.89. The van der Waals surface area contributed by atoms with Gasteiger partial charge in [-0.2, -0.15) is 0 Å². The van der Waals surface area contributed by atoms with Gasteiger partial charge >= 0.3 is 0 Å². The molecule has 1 atom stereocenters. The van der Waals surface area contributed by atoms with Crippen LogP contribution in [0.2, 0.25) is 0 Å². The highest BCUT2D eigenvalue weighted by Gasteiger charge is 2.23. The quantitative estimate of drug-likeness (QED) is 0.667. The Morgan fingerprint density at radius 1 is 1.25 bits per heavy atom. The molecule has 1 aromatic carbocycles. The molecule has 0 saturated carbocycles. The fourth-order valence-electron chi connectivity index (χ4n) is 1.93. The van der Waals surface area contributed by atoms with E-state index in [1.807, 2.05) is 6.92 Å². The normalized spacial score (nSPS) is 19.2. The molecule has 12 heavy (non-hydrogen) atoms. The molecule has 0 aliphatic heterocycles. The lowest BCUT2D eigenvalue weighted by atomic mass is 10.0. The fourth-order valence-corrected chi connectivity index (χ4v) is 1.93. The highest BCUT2D eigenvalue weighted by atomic mass is 16.3. The van der Waals surface area contributed by atoms with Crippen LogP contribution in [0.3, 0.4) is 0 Å². The van der Waals surface area contributed by atoms with Crippen LogP contribution in [0.25, 0.3) is 0 Å². The van der Waals surface area contributed by atoms with Crippen molar-refractivity contribution < 1.29 is 5.11 Å². The summed E-state index contributed by atoms with van der Waals surface area (Å²) in [5.41, 5.74) is 2.84. The summed E-state index contributed by atoms with van der Waals surface area (Å²) < 4.78 is 0. The minimum Gasteiger partial charge on any atom is -0.393 e. The Balaban J connectivity index is 2.22. The van der Waals surface area contributed by atoms with E-state index in [0.717, 1.165) is 12.8 Å². The summed E-state index contributed by atoms with van der Waals surface area (Å²) >= 11 is 0. The second-order valence-electron chi connectivity index (χ2n) is 3.68. The molecule has 0 spiro atoms. The summed E-state index contributed by atoms with van der Waals surface area (Å²) in [5.74, 6) is 0.447. The average molecular weight is 162 g/mol. The fraction of sp³-hybridized carbons (Fsp3) is 0.455. The maximum atomic E-state index is 9.42. The summed E-state index contributed by atoms with van der Waals surface area (Å²) in [6, 6.07) is 8.47. The van der Waals surface area contributed by atoms with Crippen LogP contribution in [0.5, 0.6) is 0 Å². The van der Waals surface area contributed by atoms with Crippen molar-refractivity contribution in [3.63, 3.8) is 0 Å². The lowest BCUT2D eigenvalue weighted by molar-refractivity contribution is 0.131. The molecule has 0 fully saturated rings. The Bertz CT molecular complexity index is 253. The van der Waals surface area contributed by atoms with Crippen LogP contribution in [0.4, 0.5) is 0 Å². The van der Waals surface area contributed by atoms with Crippen LogP contribution < -0.4 is 0 Å². The van der Waals surface area contributed by atoms with Crippen molar-refractivity contribution in [1.82, 2.24) is 0 Å². The Morgan fingerprint density at radius 2 is 1.75 bits per heavy atom. The van der Waals surface area contributed by atoms with Gasteiger partial charge < -0.3 is 5.11 Å². The summed E-state index contributed by atoms with van der Waals surface area (Å²) in [7, 11) is 0. The number of fused-ring (bicyclic) bond motifs is 1. The molecule has 1 N–H and O–H groups in total. The number of benzene rings is 1. The number of aliphatic hydroxyl groups excluding tert-OH is 1. The lowest BCUT2D eigenvalue weighted by Gasteiger charge is -2.11. The third-order valence-electron chi connectivity index (χ3n) is 2.76. The lowest BCUT2D eigenvalue weighted by Crippen LogP contribution is -2.16. The van der Waals surface area contributed by atoms with E-state index in [4.69, 9.17) is 0 Å². The van der Waals surface area contributed by atoms with Gasteiger partial charge in [-0.25, -0.2) is 0 Å². The molecule has 1 aliphatic rings. The molecule has 0 heterocycles. The Morgan fingerprint density at radius 3 is 2.17 bits per heavy atom. The van der Waals surface area contributed by atoms with Crippen molar-refractivity contribution in [2.45, 2.75) is 25.9 Å². The first-order valence-corrected chi connectivity index (χ1v) is 4.52. The molecule has 1 nitrogen and oxygen atoms in total. The molecular weight excluding hydrogens is 148 g/mol. The largest absolute Gasteiger partial charge is 0.393 e. The van der Waals surface area contributed by atoms with E-state index in [9.17, 15) is 5.11 Å². The monoisotopic (exact) mass is 162 g/mol. The third-order valence-corrected chi connectivity index (χ3v) is 2.76. The Kier molecular flexibility index (Phi) is 1.89. The van der Waals surface area contributed by atoms with Crippen LogP contribution in [0.15, 0.2) is 24.3 Å². The average Bonchev–Trinajstić information content (AvgIpc) is 2.46. The predicted octanol–water partition coefficient (Wildman–Crippen LogP) is 1.78. The van der Waals surface area contributed by atoms with Crippen molar-refractivity contribution >= 4 is 0 Å². The Hall–Kier alpha value is -0.820. The van der Waals surface area contributed by atoms with Gasteiger partial charge in [0.15, 0.2) is 0 Å². The molecule has 1 aliphatic carbocycles. The van der Waals surface area contributed by atoms with Gasteiger partial charge in [0.2, 0.25) is 0 Å². The molecule has 0 radical (unpaired) electrons. The minimum atomic E-state index is -0.169. The SMILES string of the molecule is CC(O)C1Cc2ccccc2C1. The van der Waals surface area contributed by atoms with Gasteiger partial charge in [0.05, 0.1) is 6.10 Å². The standard InChI is InChI=1S/C11H14O/c1-8(12)11-6-9-4-2-3-5-10(9)7-11/h2-5,8,11-12H,6-7H2,1H3. The van der Waals surface area contributed by atoms with Gasteiger partial charge in [0.1, 0.15) is 0 Å². The molecule has 0 aromatic heterocycles. The number of hydrogen-bond acceptors (Lipinski definition) is 1. The van der Waals surface area contributed by atoms with E-state index < -0.39 is 0 Å². The zero-order chi connectivity index (χ0) is 8.55. The molecule has 1 heteroatoms. The van der Waals surface area contributed by atoms with Crippen LogP contribution in [0.1, 0.15) is 18.1 Å². The first-order valence-electron chi connectivity index (χ1n) is 4.52. The van der Waals surface area contributed by atoms with Gasteiger partial charge in [0, 0.05) is 0 Å². The van der Waals surface area contributed by atoms with E-state index in [-0.39, 0.29) is 6.10 Å². The van der Waals surface area contributed by atoms with Crippen LogP contribution >= 0.6 is 0 Å². The summed E-state index contributed by atoms with van der Waals surface area (Å²) in [5, 5.41) is 9.42.